The molecule has 0 saturated carbocycles. The minimum Gasteiger partial charge on any atom is -0.287 e. The number of rotatable bonds is 7. The van der Waals surface area contributed by atoms with Crippen LogP contribution in [-0.2, 0) is 6.54 Å². The van der Waals surface area contributed by atoms with Crippen molar-refractivity contribution in [2.45, 2.75) is 6.54 Å². The highest BCUT2D eigenvalue weighted by molar-refractivity contribution is 9.10. The molecule has 0 unspecified atom stereocenters. The summed E-state index contributed by atoms with van der Waals surface area (Å²) in [5, 5.41) is 2.26. The second-order valence-electron chi connectivity index (χ2n) is 13.5. The number of carbonyl (C=O) groups excluding carboxylic acids is 1. The SMILES string of the molecule is Fc1c(F)c(F)c([B-](c2c(F)c(F)c(F)c(F)c2F)(c2c(F)c(F)c(F)c(F)c2F)c2c(F)c(F)c(F)c(F)c2F)c(F)c1F.O=C(C[n+]1cc(Br)c2ccccc2c1)c1ccccc1. The molecule has 1 heterocycles. The largest absolute Gasteiger partial charge is 0.287 e. The Bertz CT molecular complexity index is 2730. The molecule has 0 bridgehead atoms. The molecule has 0 atom stereocenters. The number of hydrogen-bond donors (Lipinski definition) is 0. The third-order valence-electron chi connectivity index (χ3n) is 9.93. The minimum absolute atomic E-state index is 0.109. The van der Waals surface area contributed by atoms with Gasteiger partial charge in [0.15, 0.2) is 82.2 Å². The fourth-order valence-corrected chi connectivity index (χ4v) is 7.73. The fraction of sp³-hybridized carbons (Fsp3) is 0.0244. The Morgan fingerprint density at radius 3 is 0.985 bits per heavy atom. The Labute approximate surface area is 357 Å². The molecule has 7 rings (SSSR count). The molecule has 0 saturated heterocycles. The number of nitrogens with zero attached hydrogens (tertiary/aromatic N) is 1. The lowest BCUT2D eigenvalue weighted by molar-refractivity contribution is -0.682. The van der Waals surface area contributed by atoms with Gasteiger partial charge in [0.25, 0.3) is 0 Å². The van der Waals surface area contributed by atoms with E-state index < -0.39 is 144 Å². The molecular formula is C41H13BBrF20NO. The lowest BCUT2D eigenvalue weighted by atomic mass is 9.12. The summed E-state index contributed by atoms with van der Waals surface area (Å²) in [5.74, 6) is -71.3. The van der Waals surface area contributed by atoms with Crippen LogP contribution in [0.4, 0.5) is 87.8 Å². The maximum atomic E-state index is 15.4. The van der Waals surface area contributed by atoms with E-state index in [1.807, 2.05) is 65.5 Å². The fourth-order valence-electron chi connectivity index (χ4n) is 7.10. The Morgan fingerprint density at radius 2 is 0.662 bits per heavy atom. The topological polar surface area (TPSA) is 20.9 Å². The summed E-state index contributed by atoms with van der Waals surface area (Å²) in [6.07, 6.45) is -3.27. The standard InChI is InChI=1S/C24BF20.C17H13BrNO/c26-5-1(6(27)14(35)21(42)13(5)34)25(2-7(28)15(36)22(43)16(37)8(2)29,3-9(30)17(38)23(44)18(39)10(3)31)4-11(32)19(40)24(45)20(41)12(4)33;18-16-11-19(10-14-8-4-5-9-15(14)16)12-17(20)13-6-2-1-3-7-13/h;1-11H,12H2/q-1;+1. The van der Waals surface area contributed by atoms with Crippen LogP contribution in [0.25, 0.3) is 10.8 Å². The Morgan fingerprint density at radius 1 is 0.385 bits per heavy atom. The van der Waals surface area contributed by atoms with E-state index >= 15 is 35.1 Å². The van der Waals surface area contributed by atoms with E-state index in [2.05, 4.69) is 22.0 Å². The van der Waals surface area contributed by atoms with Gasteiger partial charge < -0.3 is 0 Å². The summed E-state index contributed by atoms with van der Waals surface area (Å²) in [7, 11) is 0. The normalized spacial score (nSPS) is 11.6. The lowest BCUT2D eigenvalue weighted by Crippen LogP contribution is -2.81. The summed E-state index contributed by atoms with van der Waals surface area (Å²) in [6, 6.07) is 17.5. The Hall–Kier alpha value is -6.46. The van der Waals surface area contributed by atoms with Crippen LogP contribution in [0, 0.1) is 116 Å². The molecule has 0 fully saturated rings. The summed E-state index contributed by atoms with van der Waals surface area (Å²) >= 11 is 3.56. The minimum atomic E-state index is -7.22. The predicted molar refractivity (Wildman–Crippen MR) is 192 cm³/mol. The molecule has 0 radical (unpaired) electrons. The van der Waals surface area contributed by atoms with Gasteiger partial charge in [0.2, 0.25) is 12.3 Å². The summed E-state index contributed by atoms with van der Waals surface area (Å²) in [4.78, 5) is 12.2. The quantitative estimate of drug-likeness (QED) is 0.0390. The molecule has 0 aliphatic carbocycles. The lowest BCUT2D eigenvalue weighted by Gasteiger charge is -2.44. The van der Waals surface area contributed by atoms with Gasteiger partial charge >= 0.3 is 0 Å². The van der Waals surface area contributed by atoms with Crippen LogP contribution in [0.1, 0.15) is 10.4 Å². The van der Waals surface area contributed by atoms with Crippen molar-refractivity contribution in [3.05, 3.63) is 193 Å². The van der Waals surface area contributed by atoms with Crippen LogP contribution in [0.15, 0.2) is 71.5 Å². The van der Waals surface area contributed by atoms with Crippen molar-refractivity contribution < 1.29 is 97.2 Å². The van der Waals surface area contributed by atoms with Crippen LogP contribution >= 0.6 is 15.9 Å². The van der Waals surface area contributed by atoms with E-state index in [1.165, 1.54) is 0 Å². The number of halogens is 21. The zero-order valence-corrected chi connectivity index (χ0v) is 32.5. The Kier molecular flexibility index (Phi) is 13.2. The molecule has 24 heteroatoms. The molecule has 65 heavy (non-hydrogen) atoms. The van der Waals surface area contributed by atoms with Crippen molar-refractivity contribution in [2.75, 3.05) is 0 Å². The van der Waals surface area contributed by atoms with E-state index in [-0.39, 0.29) is 5.78 Å². The van der Waals surface area contributed by atoms with Gasteiger partial charge in [-0.25, -0.2) is 87.8 Å². The highest BCUT2D eigenvalue weighted by Gasteiger charge is 2.52. The number of carbonyl (C=O) groups is 1. The summed E-state index contributed by atoms with van der Waals surface area (Å²) in [5.41, 5.74) is -13.6. The van der Waals surface area contributed by atoms with Crippen LogP contribution in [0.3, 0.4) is 0 Å². The van der Waals surface area contributed by atoms with E-state index in [1.54, 1.807) is 0 Å². The number of hydrogen-bond acceptors (Lipinski definition) is 1. The summed E-state index contributed by atoms with van der Waals surface area (Å²) in [6.45, 7) is 0.341. The first-order valence-corrected chi connectivity index (χ1v) is 18.1. The van der Waals surface area contributed by atoms with Gasteiger partial charge in [0, 0.05) is 16.3 Å². The third-order valence-corrected chi connectivity index (χ3v) is 10.6. The number of aromatic nitrogens is 1. The van der Waals surface area contributed by atoms with Gasteiger partial charge in [-0.05, 0) is 22.0 Å². The van der Waals surface area contributed by atoms with E-state index in [9.17, 15) is 57.5 Å². The summed E-state index contributed by atoms with van der Waals surface area (Å²) < 4.78 is 297. The second-order valence-corrected chi connectivity index (χ2v) is 14.3. The van der Waals surface area contributed by atoms with Crippen molar-refractivity contribution >= 4 is 60.5 Å². The molecule has 2 nitrogen and oxygen atoms in total. The molecule has 0 N–H and O–H groups in total. The number of pyridine rings is 1. The zero-order valence-electron chi connectivity index (χ0n) is 30.9. The number of fused-ring (bicyclic) bond motifs is 1. The first kappa shape index (κ1) is 48.0. The third kappa shape index (κ3) is 7.63. The molecule has 338 valence electrons. The molecule has 0 spiro atoms. The second kappa shape index (κ2) is 17.8. The number of ketones is 1. The highest BCUT2D eigenvalue weighted by atomic mass is 79.9. The van der Waals surface area contributed by atoms with Gasteiger partial charge in [0.1, 0.15) is 52.7 Å². The number of Topliss-reactive ketones (excluding diaryl/α,β-unsaturated/α-hetero) is 1. The van der Waals surface area contributed by atoms with Crippen LogP contribution < -0.4 is 26.4 Å². The first-order valence-electron chi connectivity index (χ1n) is 17.3. The number of benzene rings is 6. The maximum absolute atomic E-state index is 15.4. The van der Waals surface area contributed by atoms with Gasteiger partial charge in [-0.2, -0.15) is 4.57 Å². The van der Waals surface area contributed by atoms with Crippen LogP contribution in [-0.4, -0.2) is 11.9 Å². The predicted octanol–water partition coefficient (Wildman–Crippen LogP) is 9.62. The van der Waals surface area contributed by atoms with E-state index in [0.717, 1.165) is 20.8 Å². The average Bonchev–Trinajstić information content (AvgIpc) is 3.29. The van der Waals surface area contributed by atoms with Crippen molar-refractivity contribution in [3.8, 4) is 0 Å². The van der Waals surface area contributed by atoms with Crippen molar-refractivity contribution in [2.24, 2.45) is 0 Å². The molecule has 1 aromatic heterocycles. The van der Waals surface area contributed by atoms with Crippen LogP contribution in [0.5, 0.6) is 0 Å². The Balaban J connectivity index is 0.000000289. The molecule has 0 aliphatic rings. The van der Waals surface area contributed by atoms with Crippen molar-refractivity contribution in [3.63, 3.8) is 0 Å². The van der Waals surface area contributed by atoms with Crippen molar-refractivity contribution in [1.82, 2.24) is 0 Å². The zero-order chi connectivity index (χ0) is 48.3. The molecule has 0 aliphatic heterocycles. The van der Waals surface area contributed by atoms with Crippen LogP contribution in [0.2, 0.25) is 0 Å². The van der Waals surface area contributed by atoms with Gasteiger partial charge in [0.05, 0.1) is 4.47 Å². The first-order chi connectivity index (χ1) is 30.4. The van der Waals surface area contributed by atoms with E-state index in [4.69, 9.17) is 0 Å². The smallest absolute Gasteiger partial charge is 0.227 e. The van der Waals surface area contributed by atoms with Gasteiger partial charge in [-0.3, -0.25) is 4.79 Å². The van der Waals surface area contributed by atoms with E-state index in [0.29, 0.717) is 6.54 Å². The molecule has 0 amide bonds. The van der Waals surface area contributed by atoms with Crippen molar-refractivity contribution in [1.29, 1.82) is 0 Å². The molecule has 6 aromatic carbocycles. The average molecular weight is 1010 g/mol. The maximum Gasteiger partial charge on any atom is 0.227 e. The van der Waals surface area contributed by atoms with Gasteiger partial charge in [-0.1, -0.05) is 48.5 Å². The van der Waals surface area contributed by atoms with Gasteiger partial charge in [-0.15, -0.1) is 21.9 Å². The highest BCUT2D eigenvalue weighted by Crippen LogP contribution is 2.31. The molecular weight excluding hydrogens is 993 g/mol. The molecule has 7 aromatic rings. The monoisotopic (exact) mass is 1000 g/mol.